The summed E-state index contributed by atoms with van der Waals surface area (Å²) < 4.78 is 34.1. The van der Waals surface area contributed by atoms with Crippen LogP contribution in [0.1, 0.15) is 38.5 Å². The molecule has 5 nitrogen and oxygen atoms in total. The first-order chi connectivity index (χ1) is 8.56. The highest BCUT2D eigenvalue weighted by atomic mass is 32.2. The Labute approximate surface area is 108 Å². The molecule has 0 bridgehead atoms. The van der Waals surface area contributed by atoms with Crippen molar-refractivity contribution in [3.05, 3.63) is 0 Å². The van der Waals surface area contributed by atoms with Gasteiger partial charge in [-0.2, -0.15) is 8.78 Å². The van der Waals surface area contributed by atoms with Crippen LogP contribution < -0.4 is 0 Å². The number of alkyl halides is 2. The first kappa shape index (κ1) is 15.6. The van der Waals surface area contributed by atoms with Gasteiger partial charge in [-0.15, -0.1) is 4.33 Å². The maximum Gasteiger partial charge on any atom is 0.415 e. The minimum atomic E-state index is -3.90. The van der Waals surface area contributed by atoms with Crippen LogP contribution in [0.5, 0.6) is 0 Å². The smallest absolute Gasteiger partial charge is 0.415 e. The molecular formula is C10H16F2O5S. The van der Waals surface area contributed by atoms with E-state index >= 15 is 0 Å². The van der Waals surface area contributed by atoms with Gasteiger partial charge in [-0.25, -0.2) is 10.1 Å². The van der Waals surface area contributed by atoms with Gasteiger partial charge in [0, 0.05) is 0 Å². The second kappa shape index (κ2) is 7.88. The van der Waals surface area contributed by atoms with Gasteiger partial charge < -0.3 is 4.74 Å². The van der Waals surface area contributed by atoms with Crippen LogP contribution in [0.2, 0.25) is 0 Å². The molecule has 18 heavy (non-hydrogen) atoms. The van der Waals surface area contributed by atoms with E-state index in [2.05, 4.69) is 14.1 Å². The molecule has 0 spiro atoms. The van der Waals surface area contributed by atoms with Crippen LogP contribution in [0.3, 0.4) is 0 Å². The normalized spacial score (nSPS) is 18.4. The Morgan fingerprint density at radius 3 is 2.44 bits per heavy atom. The van der Waals surface area contributed by atoms with Gasteiger partial charge >= 0.3 is 11.2 Å². The molecule has 1 aliphatic carbocycles. The first-order valence-corrected chi connectivity index (χ1v) is 6.51. The van der Waals surface area contributed by atoms with Gasteiger partial charge in [-0.05, 0) is 18.8 Å². The number of esters is 1. The summed E-state index contributed by atoms with van der Waals surface area (Å²) >= 11 is -0.603. The largest absolute Gasteiger partial charge is 0.460 e. The summed E-state index contributed by atoms with van der Waals surface area (Å²) in [5.41, 5.74) is 0. The Balaban J connectivity index is 2.30. The van der Waals surface area contributed by atoms with Crippen LogP contribution in [0, 0.1) is 5.92 Å². The Morgan fingerprint density at radius 1 is 1.28 bits per heavy atom. The molecule has 0 heterocycles. The zero-order valence-electron chi connectivity index (χ0n) is 9.77. The standard InChI is InChI=1S/C10H16F2O5S/c11-10(12,18-17-16-14)9(13)15-7-8-5-3-1-2-4-6-8/h8,14H,1-7H2. The van der Waals surface area contributed by atoms with Gasteiger partial charge in [0.05, 0.1) is 6.61 Å². The highest BCUT2D eigenvalue weighted by Crippen LogP contribution is 2.32. The number of carbonyl (C=O) groups is 1. The van der Waals surface area contributed by atoms with Crippen LogP contribution in [-0.2, 0) is 18.9 Å². The molecule has 0 aliphatic heterocycles. The molecule has 0 amide bonds. The lowest BCUT2D eigenvalue weighted by Gasteiger charge is -2.16. The summed E-state index contributed by atoms with van der Waals surface area (Å²) in [6.45, 7) is -0.00499. The molecule has 0 unspecified atom stereocenters. The van der Waals surface area contributed by atoms with Crippen LogP contribution >= 0.6 is 12.0 Å². The van der Waals surface area contributed by atoms with Crippen molar-refractivity contribution in [2.24, 2.45) is 5.92 Å². The van der Waals surface area contributed by atoms with Crippen molar-refractivity contribution in [3.8, 4) is 0 Å². The monoisotopic (exact) mass is 286 g/mol. The molecule has 1 aliphatic rings. The zero-order valence-corrected chi connectivity index (χ0v) is 10.6. The predicted molar refractivity (Wildman–Crippen MR) is 59.5 cm³/mol. The lowest BCUT2D eigenvalue weighted by atomic mass is 10.0. The van der Waals surface area contributed by atoms with E-state index in [4.69, 9.17) is 5.26 Å². The quantitative estimate of drug-likeness (QED) is 0.266. The van der Waals surface area contributed by atoms with E-state index in [1.54, 1.807) is 0 Å². The first-order valence-electron chi connectivity index (χ1n) is 5.77. The lowest BCUT2D eigenvalue weighted by Crippen LogP contribution is -2.29. The van der Waals surface area contributed by atoms with Crippen molar-refractivity contribution in [1.29, 1.82) is 0 Å². The third kappa shape index (κ3) is 5.47. The molecule has 0 aromatic heterocycles. The molecular weight excluding hydrogens is 270 g/mol. The number of halogens is 2. The molecule has 1 saturated carbocycles. The number of hydrogen-bond acceptors (Lipinski definition) is 6. The summed E-state index contributed by atoms with van der Waals surface area (Å²) in [6.07, 6.45) is 6.13. The van der Waals surface area contributed by atoms with E-state index in [0.717, 1.165) is 38.5 Å². The fraction of sp³-hybridized carbons (Fsp3) is 0.900. The van der Waals surface area contributed by atoms with Gasteiger partial charge in [0.25, 0.3) is 0 Å². The number of carbonyl (C=O) groups excluding carboxylic acids is 1. The average molecular weight is 286 g/mol. The molecule has 106 valence electrons. The third-order valence-electron chi connectivity index (χ3n) is 2.83. The minimum Gasteiger partial charge on any atom is -0.460 e. The van der Waals surface area contributed by atoms with Gasteiger partial charge in [-0.1, -0.05) is 30.7 Å². The van der Waals surface area contributed by atoms with Crippen molar-refractivity contribution in [2.75, 3.05) is 6.61 Å². The molecule has 0 saturated heterocycles. The second-order valence-corrected chi connectivity index (χ2v) is 5.01. The summed E-state index contributed by atoms with van der Waals surface area (Å²) in [5.74, 6) is -1.54. The molecule has 1 fully saturated rings. The van der Waals surface area contributed by atoms with Crippen molar-refractivity contribution in [3.63, 3.8) is 0 Å². The van der Waals surface area contributed by atoms with Gasteiger partial charge in [0.2, 0.25) is 0 Å². The van der Waals surface area contributed by atoms with E-state index in [-0.39, 0.29) is 12.5 Å². The zero-order chi connectivity index (χ0) is 13.4. The molecule has 0 atom stereocenters. The molecule has 8 heteroatoms. The predicted octanol–water partition coefficient (Wildman–Crippen LogP) is 3.16. The van der Waals surface area contributed by atoms with Crippen LogP contribution in [-0.4, -0.2) is 23.1 Å². The fourth-order valence-electron chi connectivity index (χ4n) is 1.90. The number of ether oxygens (including phenoxy) is 1. The second-order valence-electron chi connectivity index (χ2n) is 4.20. The Morgan fingerprint density at radius 2 is 1.89 bits per heavy atom. The van der Waals surface area contributed by atoms with Crippen molar-refractivity contribution in [2.45, 2.75) is 43.8 Å². The number of rotatable bonds is 6. The van der Waals surface area contributed by atoms with Crippen molar-refractivity contribution in [1.82, 2.24) is 0 Å². The van der Waals surface area contributed by atoms with E-state index in [1.807, 2.05) is 0 Å². The van der Waals surface area contributed by atoms with Crippen LogP contribution in [0.4, 0.5) is 8.78 Å². The summed E-state index contributed by atoms with van der Waals surface area (Å²) in [6, 6.07) is 0. The Hall–Kier alpha value is -0.440. The van der Waals surface area contributed by atoms with E-state index in [0.29, 0.717) is 0 Å². The Bertz CT molecular complexity index is 257. The maximum atomic E-state index is 13.0. The molecule has 0 aromatic rings. The van der Waals surface area contributed by atoms with Crippen LogP contribution in [0.15, 0.2) is 0 Å². The van der Waals surface area contributed by atoms with Crippen LogP contribution in [0.25, 0.3) is 0 Å². The van der Waals surface area contributed by atoms with Crippen molar-refractivity contribution >= 4 is 18.0 Å². The molecule has 0 radical (unpaired) electrons. The number of hydrogen-bond donors (Lipinski definition) is 1. The average Bonchev–Trinajstić information content (AvgIpc) is 2.62. The van der Waals surface area contributed by atoms with Gasteiger partial charge in [-0.3, -0.25) is 0 Å². The summed E-state index contributed by atoms with van der Waals surface area (Å²) in [4.78, 5) is 11.1. The maximum absolute atomic E-state index is 13.0. The van der Waals surface area contributed by atoms with E-state index < -0.39 is 23.3 Å². The van der Waals surface area contributed by atoms with E-state index in [1.165, 1.54) is 0 Å². The third-order valence-corrected chi connectivity index (χ3v) is 3.34. The fourth-order valence-corrected chi connectivity index (χ4v) is 2.14. The lowest BCUT2D eigenvalue weighted by molar-refractivity contribution is -0.433. The molecule has 1 N–H and O–H groups in total. The summed E-state index contributed by atoms with van der Waals surface area (Å²) in [5, 5.41) is 6.87. The van der Waals surface area contributed by atoms with Gasteiger partial charge in [0.15, 0.2) is 0 Å². The highest BCUT2D eigenvalue weighted by molar-refractivity contribution is 7.96. The topological polar surface area (TPSA) is 65.0 Å². The Kier molecular flexibility index (Phi) is 6.83. The SMILES string of the molecule is O=C(OCC1CCCCCC1)C(F)(F)SOOO. The minimum absolute atomic E-state index is 0.00499. The molecule has 0 aromatic carbocycles. The molecule has 1 rings (SSSR count). The van der Waals surface area contributed by atoms with Crippen molar-refractivity contribution < 1.29 is 32.9 Å². The summed E-state index contributed by atoms with van der Waals surface area (Å²) in [7, 11) is 0. The highest BCUT2D eigenvalue weighted by Gasteiger charge is 2.44. The van der Waals surface area contributed by atoms with E-state index in [9.17, 15) is 13.6 Å². The van der Waals surface area contributed by atoms with Gasteiger partial charge in [0.1, 0.15) is 12.0 Å².